The Morgan fingerprint density at radius 1 is 1.12 bits per heavy atom. The van der Waals surface area contributed by atoms with Crippen molar-refractivity contribution in [1.29, 1.82) is 0 Å². The van der Waals surface area contributed by atoms with Gasteiger partial charge in [0.05, 0.1) is 6.61 Å². The minimum Gasteiger partial charge on any atom is -0.464 e. The average Bonchev–Trinajstić information content (AvgIpc) is 3.07. The molecule has 0 saturated carbocycles. The number of Topliss-reactive ketones (excluding diaryl/α,β-unsaturated/α-hetero) is 1. The number of fused-ring (bicyclic) bond motifs is 1. The van der Waals surface area contributed by atoms with Gasteiger partial charge < -0.3 is 4.74 Å². The molecule has 24 heavy (non-hydrogen) atoms. The molecule has 0 amide bonds. The highest BCUT2D eigenvalue weighted by Crippen LogP contribution is 2.29. The van der Waals surface area contributed by atoms with Crippen LogP contribution in [0.5, 0.6) is 0 Å². The molecule has 2 aromatic rings. The lowest BCUT2D eigenvalue weighted by Crippen LogP contribution is -2.39. The lowest BCUT2D eigenvalue weighted by molar-refractivity contribution is -0.169. The van der Waals surface area contributed by atoms with Crippen molar-refractivity contribution >= 4 is 22.5 Å². The second-order valence-corrected chi connectivity index (χ2v) is 5.58. The summed E-state index contributed by atoms with van der Waals surface area (Å²) in [6, 6.07) is 13.2. The summed E-state index contributed by atoms with van der Waals surface area (Å²) in [4.78, 5) is 30.5. The van der Waals surface area contributed by atoms with Crippen molar-refractivity contribution in [3.63, 3.8) is 0 Å². The molecule has 1 aliphatic heterocycles. The molecule has 1 aliphatic rings. The van der Waals surface area contributed by atoms with Crippen LogP contribution in [0.1, 0.15) is 30.6 Å². The number of esters is 1. The number of carbonyl (C=O) groups is 2. The fourth-order valence-corrected chi connectivity index (χ4v) is 2.79. The number of ketones is 1. The largest absolute Gasteiger partial charge is 0.464 e. The van der Waals surface area contributed by atoms with Gasteiger partial charge in [-0.3, -0.25) is 15.1 Å². The lowest BCUT2D eigenvalue weighted by atomic mass is 9.96. The number of nitrogens with one attached hydrogen (secondary N) is 1. The number of benzene rings is 2. The minimum absolute atomic E-state index is 0.216. The van der Waals surface area contributed by atoms with Crippen LogP contribution in [0.3, 0.4) is 0 Å². The maximum atomic E-state index is 12.9. The molecule has 124 valence electrons. The Kier molecular flexibility index (Phi) is 4.36. The molecule has 0 radical (unpaired) electrons. The van der Waals surface area contributed by atoms with Crippen LogP contribution < -0.4 is 5.48 Å². The quantitative estimate of drug-likeness (QED) is 0.676. The third-order valence-corrected chi connectivity index (χ3v) is 4.15. The summed E-state index contributed by atoms with van der Waals surface area (Å²) in [5, 5.41) is 1.84. The highest BCUT2D eigenvalue weighted by Gasteiger charge is 2.44. The SMILES string of the molecule is CCOC(=O)C1(CC)C=C(C(=O)c2cccc3ccccc23)NO1. The first kappa shape index (κ1) is 16.2. The number of hydrogen-bond acceptors (Lipinski definition) is 5. The molecule has 1 unspecified atom stereocenters. The molecule has 1 N–H and O–H groups in total. The standard InChI is InChI=1S/C19H19NO4/c1-3-19(18(22)23-4-2)12-16(20-24-19)17(21)15-11-7-9-13-8-5-6-10-14(13)15/h5-12,20H,3-4H2,1-2H3. The van der Waals surface area contributed by atoms with Crippen LogP contribution >= 0.6 is 0 Å². The molecule has 0 spiro atoms. The van der Waals surface area contributed by atoms with E-state index in [2.05, 4.69) is 5.48 Å². The summed E-state index contributed by atoms with van der Waals surface area (Å²) >= 11 is 0. The van der Waals surface area contributed by atoms with Gasteiger partial charge in [0.25, 0.3) is 0 Å². The van der Waals surface area contributed by atoms with Gasteiger partial charge in [-0.25, -0.2) is 4.79 Å². The molecule has 5 nitrogen and oxygen atoms in total. The number of hydrogen-bond donors (Lipinski definition) is 1. The van der Waals surface area contributed by atoms with Crippen molar-refractivity contribution in [1.82, 2.24) is 5.48 Å². The summed E-state index contributed by atoms with van der Waals surface area (Å²) in [6.45, 7) is 3.79. The van der Waals surface area contributed by atoms with E-state index in [4.69, 9.17) is 9.57 Å². The minimum atomic E-state index is -1.26. The van der Waals surface area contributed by atoms with E-state index in [1.165, 1.54) is 6.08 Å². The highest BCUT2D eigenvalue weighted by atomic mass is 16.7. The van der Waals surface area contributed by atoms with Crippen LogP contribution in [0.15, 0.2) is 54.2 Å². The van der Waals surface area contributed by atoms with Gasteiger partial charge in [0.2, 0.25) is 11.4 Å². The number of carbonyl (C=O) groups excluding carboxylic acids is 2. The van der Waals surface area contributed by atoms with Crippen molar-refractivity contribution in [3.05, 3.63) is 59.8 Å². The third kappa shape index (κ3) is 2.67. The highest BCUT2D eigenvalue weighted by molar-refractivity contribution is 6.16. The smallest absolute Gasteiger partial charge is 0.345 e. The number of ether oxygens (including phenoxy) is 1. The third-order valence-electron chi connectivity index (χ3n) is 4.15. The van der Waals surface area contributed by atoms with Crippen molar-refractivity contribution in [2.75, 3.05) is 6.61 Å². The molecular formula is C19H19NO4. The van der Waals surface area contributed by atoms with Gasteiger partial charge in [-0.15, -0.1) is 0 Å². The fourth-order valence-electron chi connectivity index (χ4n) is 2.79. The Morgan fingerprint density at radius 3 is 2.62 bits per heavy atom. The predicted octanol–water partition coefficient (Wildman–Crippen LogP) is 3.15. The second-order valence-electron chi connectivity index (χ2n) is 5.58. The molecule has 0 aliphatic carbocycles. The zero-order chi connectivity index (χ0) is 17.2. The normalized spacial score (nSPS) is 19.7. The van der Waals surface area contributed by atoms with E-state index < -0.39 is 11.6 Å². The van der Waals surface area contributed by atoms with E-state index in [0.29, 0.717) is 12.0 Å². The zero-order valence-corrected chi connectivity index (χ0v) is 13.7. The van der Waals surface area contributed by atoms with Crippen molar-refractivity contribution < 1.29 is 19.2 Å². The number of rotatable bonds is 5. The van der Waals surface area contributed by atoms with Crippen molar-refractivity contribution in [2.24, 2.45) is 0 Å². The molecule has 3 rings (SSSR count). The average molecular weight is 325 g/mol. The van der Waals surface area contributed by atoms with E-state index in [1.54, 1.807) is 19.9 Å². The number of hydroxylamine groups is 1. The summed E-state index contributed by atoms with van der Waals surface area (Å²) in [5.74, 6) is -0.716. The number of allylic oxidation sites excluding steroid dienone is 1. The monoisotopic (exact) mass is 325 g/mol. The van der Waals surface area contributed by atoms with Crippen LogP contribution in [-0.2, 0) is 14.4 Å². The van der Waals surface area contributed by atoms with Crippen molar-refractivity contribution in [3.8, 4) is 0 Å². The fraction of sp³-hybridized carbons (Fsp3) is 0.263. The van der Waals surface area contributed by atoms with Gasteiger partial charge in [-0.1, -0.05) is 49.4 Å². The maximum Gasteiger partial charge on any atom is 0.345 e. The Balaban J connectivity index is 1.98. The van der Waals surface area contributed by atoms with Gasteiger partial charge in [0.15, 0.2) is 0 Å². The lowest BCUT2D eigenvalue weighted by Gasteiger charge is -2.20. The van der Waals surface area contributed by atoms with Gasteiger partial charge in [-0.05, 0) is 30.2 Å². The van der Waals surface area contributed by atoms with Crippen LogP contribution in [0.25, 0.3) is 10.8 Å². The van der Waals surface area contributed by atoms with E-state index in [1.807, 2.05) is 36.4 Å². The maximum absolute atomic E-state index is 12.9. The molecule has 0 saturated heterocycles. The molecule has 5 heteroatoms. The molecule has 2 aromatic carbocycles. The molecule has 1 heterocycles. The molecule has 0 bridgehead atoms. The van der Waals surface area contributed by atoms with Crippen LogP contribution in [0.4, 0.5) is 0 Å². The van der Waals surface area contributed by atoms with E-state index in [-0.39, 0.29) is 18.1 Å². The van der Waals surface area contributed by atoms with Gasteiger partial charge >= 0.3 is 5.97 Å². The molecule has 0 aromatic heterocycles. The Bertz CT molecular complexity index is 822. The first-order valence-corrected chi connectivity index (χ1v) is 7.98. The van der Waals surface area contributed by atoms with Crippen LogP contribution in [0, 0.1) is 0 Å². The Labute approximate surface area is 140 Å². The molecular weight excluding hydrogens is 306 g/mol. The topological polar surface area (TPSA) is 64.6 Å². The molecule has 1 atom stereocenters. The predicted molar refractivity (Wildman–Crippen MR) is 90.2 cm³/mol. The van der Waals surface area contributed by atoms with Gasteiger partial charge in [0.1, 0.15) is 5.70 Å². The summed E-state index contributed by atoms with van der Waals surface area (Å²) in [5.41, 5.74) is 2.17. The van der Waals surface area contributed by atoms with E-state index >= 15 is 0 Å². The summed E-state index contributed by atoms with van der Waals surface area (Å²) < 4.78 is 5.06. The Hall–Kier alpha value is -2.66. The van der Waals surface area contributed by atoms with E-state index in [9.17, 15) is 9.59 Å². The van der Waals surface area contributed by atoms with Gasteiger partial charge in [0, 0.05) is 5.56 Å². The van der Waals surface area contributed by atoms with Gasteiger partial charge in [-0.2, -0.15) is 0 Å². The first-order valence-electron chi connectivity index (χ1n) is 7.98. The van der Waals surface area contributed by atoms with Crippen molar-refractivity contribution in [2.45, 2.75) is 25.9 Å². The summed E-state index contributed by atoms with van der Waals surface area (Å²) in [7, 11) is 0. The Morgan fingerprint density at radius 2 is 1.88 bits per heavy atom. The summed E-state index contributed by atoms with van der Waals surface area (Å²) in [6.07, 6.45) is 1.89. The van der Waals surface area contributed by atoms with Crippen LogP contribution in [0.2, 0.25) is 0 Å². The second kappa shape index (κ2) is 6.45. The molecule has 0 fully saturated rings. The first-order chi connectivity index (χ1) is 11.6. The van der Waals surface area contributed by atoms with Crippen LogP contribution in [-0.4, -0.2) is 24.0 Å². The van der Waals surface area contributed by atoms with E-state index in [0.717, 1.165) is 10.8 Å². The zero-order valence-electron chi connectivity index (χ0n) is 13.7.